The predicted molar refractivity (Wildman–Crippen MR) is 75.6 cm³/mol. The summed E-state index contributed by atoms with van der Waals surface area (Å²) in [5.74, 6) is -1.85. The second kappa shape index (κ2) is 6.72. The quantitative estimate of drug-likeness (QED) is 0.704. The van der Waals surface area contributed by atoms with E-state index in [4.69, 9.17) is 5.26 Å². The molecule has 0 radical (unpaired) electrons. The Hall–Kier alpha value is -2.88. The van der Waals surface area contributed by atoms with Gasteiger partial charge in [-0.3, -0.25) is 9.59 Å². The van der Waals surface area contributed by atoms with Gasteiger partial charge in [-0.05, 0) is 24.1 Å². The average molecular weight is 301 g/mol. The lowest BCUT2D eigenvalue weighted by Gasteiger charge is -2.17. The molecule has 1 heterocycles. The highest BCUT2D eigenvalue weighted by molar-refractivity contribution is 5.92. The molecule has 114 valence electrons. The molecule has 0 spiro atoms. The summed E-state index contributed by atoms with van der Waals surface area (Å²) in [6.45, 7) is 0. The van der Waals surface area contributed by atoms with E-state index < -0.39 is 24.0 Å². The predicted octanol–water partition coefficient (Wildman–Crippen LogP) is -0.0512. The molecule has 22 heavy (non-hydrogen) atoms. The fraction of sp³-hybridized carbons (Fsp3) is 0.333. The van der Waals surface area contributed by atoms with Crippen molar-refractivity contribution in [1.82, 2.24) is 10.6 Å². The summed E-state index contributed by atoms with van der Waals surface area (Å²) in [6, 6.07) is 6.70. The van der Waals surface area contributed by atoms with Gasteiger partial charge in [0.2, 0.25) is 11.8 Å². The van der Waals surface area contributed by atoms with Gasteiger partial charge in [0.15, 0.2) is 0 Å². The highest BCUT2D eigenvalue weighted by atomic mass is 16.4. The number of hydrogen-bond acceptors (Lipinski definition) is 4. The van der Waals surface area contributed by atoms with Crippen LogP contribution in [0.1, 0.15) is 24.0 Å². The van der Waals surface area contributed by atoms with Crippen LogP contribution in [0.15, 0.2) is 24.3 Å². The van der Waals surface area contributed by atoms with Gasteiger partial charge in [0.25, 0.3) is 0 Å². The van der Waals surface area contributed by atoms with E-state index in [9.17, 15) is 19.5 Å². The van der Waals surface area contributed by atoms with Crippen LogP contribution in [0.4, 0.5) is 0 Å². The maximum atomic E-state index is 12.0. The molecule has 2 rings (SSSR count). The SMILES string of the molecule is N#Cc1ccc(C[C@H](NC(=O)[C@@H]2CCC(=O)N2)C(=O)O)cc1. The molecule has 3 N–H and O–H groups in total. The Morgan fingerprint density at radius 3 is 2.59 bits per heavy atom. The molecule has 7 heteroatoms. The second-order valence-electron chi connectivity index (χ2n) is 5.07. The van der Waals surface area contributed by atoms with Crippen LogP contribution < -0.4 is 10.6 Å². The van der Waals surface area contributed by atoms with Crippen molar-refractivity contribution in [2.45, 2.75) is 31.3 Å². The van der Waals surface area contributed by atoms with E-state index in [1.807, 2.05) is 6.07 Å². The lowest BCUT2D eigenvalue weighted by molar-refractivity contribution is -0.142. The van der Waals surface area contributed by atoms with Crippen molar-refractivity contribution >= 4 is 17.8 Å². The minimum absolute atomic E-state index is 0.105. The fourth-order valence-electron chi connectivity index (χ4n) is 2.23. The van der Waals surface area contributed by atoms with Gasteiger partial charge in [0, 0.05) is 12.8 Å². The zero-order valence-corrected chi connectivity index (χ0v) is 11.7. The highest BCUT2D eigenvalue weighted by Crippen LogP contribution is 2.09. The summed E-state index contributed by atoms with van der Waals surface area (Å²) in [7, 11) is 0. The molecule has 1 aromatic rings. The third kappa shape index (κ3) is 3.82. The molecular formula is C15H15N3O4. The lowest BCUT2D eigenvalue weighted by atomic mass is 10.0. The number of aliphatic carboxylic acids is 1. The molecule has 1 saturated heterocycles. The van der Waals surface area contributed by atoms with E-state index in [2.05, 4.69) is 10.6 Å². The van der Waals surface area contributed by atoms with E-state index in [-0.39, 0.29) is 18.7 Å². The van der Waals surface area contributed by atoms with Crippen LogP contribution >= 0.6 is 0 Å². The smallest absolute Gasteiger partial charge is 0.326 e. The molecule has 2 atom stereocenters. The van der Waals surface area contributed by atoms with Crippen molar-refractivity contribution < 1.29 is 19.5 Å². The number of nitriles is 1. The number of benzene rings is 1. The molecule has 1 fully saturated rings. The first-order chi connectivity index (χ1) is 10.5. The van der Waals surface area contributed by atoms with Gasteiger partial charge in [0.05, 0.1) is 11.6 Å². The van der Waals surface area contributed by atoms with Gasteiger partial charge in [-0.15, -0.1) is 0 Å². The van der Waals surface area contributed by atoms with Crippen LogP contribution in [-0.2, 0) is 20.8 Å². The molecule has 0 aliphatic carbocycles. The number of nitrogens with zero attached hydrogens (tertiary/aromatic N) is 1. The first-order valence-electron chi connectivity index (χ1n) is 6.81. The van der Waals surface area contributed by atoms with E-state index in [0.29, 0.717) is 17.5 Å². The van der Waals surface area contributed by atoms with Crippen LogP contribution in [0.2, 0.25) is 0 Å². The number of hydrogen-bond donors (Lipinski definition) is 3. The summed E-state index contributed by atoms with van der Waals surface area (Å²) < 4.78 is 0. The Labute approximate surface area is 126 Å². The van der Waals surface area contributed by atoms with Gasteiger partial charge in [-0.2, -0.15) is 5.26 Å². The summed E-state index contributed by atoms with van der Waals surface area (Å²) >= 11 is 0. The Balaban J connectivity index is 2.00. The number of carboxylic acids is 1. The van der Waals surface area contributed by atoms with E-state index in [0.717, 1.165) is 0 Å². The van der Waals surface area contributed by atoms with Crippen LogP contribution in [0.3, 0.4) is 0 Å². The molecular weight excluding hydrogens is 286 g/mol. The maximum absolute atomic E-state index is 12.0. The minimum Gasteiger partial charge on any atom is -0.480 e. The number of nitrogens with one attached hydrogen (secondary N) is 2. The molecule has 0 bridgehead atoms. The third-order valence-corrected chi connectivity index (χ3v) is 3.45. The first-order valence-corrected chi connectivity index (χ1v) is 6.81. The molecule has 0 aromatic heterocycles. The topological polar surface area (TPSA) is 119 Å². The van der Waals surface area contributed by atoms with Crippen molar-refractivity contribution in [3.63, 3.8) is 0 Å². The third-order valence-electron chi connectivity index (χ3n) is 3.45. The largest absolute Gasteiger partial charge is 0.480 e. The Morgan fingerprint density at radius 1 is 1.41 bits per heavy atom. The second-order valence-corrected chi connectivity index (χ2v) is 5.07. The zero-order valence-electron chi connectivity index (χ0n) is 11.7. The molecule has 2 amide bonds. The fourth-order valence-corrected chi connectivity index (χ4v) is 2.23. The zero-order chi connectivity index (χ0) is 16.1. The number of carboxylic acid groups (broad SMARTS) is 1. The number of carbonyl (C=O) groups is 3. The number of amides is 2. The van der Waals surface area contributed by atoms with Crippen molar-refractivity contribution in [2.24, 2.45) is 0 Å². The first kappa shape index (κ1) is 15.5. The van der Waals surface area contributed by atoms with Gasteiger partial charge in [-0.25, -0.2) is 4.79 Å². The maximum Gasteiger partial charge on any atom is 0.326 e. The highest BCUT2D eigenvalue weighted by Gasteiger charge is 2.30. The van der Waals surface area contributed by atoms with Crippen molar-refractivity contribution in [2.75, 3.05) is 0 Å². The summed E-state index contributed by atoms with van der Waals surface area (Å²) in [5.41, 5.74) is 1.18. The summed E-state index contributed by atoms with van der Waals surface area (Å²) in [6.07, 6.45) is 0.743. The van der Waals surface area contributed by atoms with Crippen LogP contribution in [0.5, 0.6) is 0 Å². The lowest BCUT2D eigenvalue weighted by Crippen LogP contribution is -2.49. The van der Waals surface area contributed by atoms with Gasteiger partial charge >= 0.3 is 5.97 Å². The molecule has 0 unspecified atom stereocenters. The molecule has 1 aliphatic rings. The molecule has 7 nitrogen and oxygen atoms in total. The molecule has 0 saturated carbocycles. The van der Waals surface area contributed by atoms with E-state index in [1.165, 1.54) is 0 Å². The standard InChI is InChI=1S/C15H15N3O4/c16-8-10-3-1-9(2-4-10)7-12(15(21)22)18-14(20)11-5-6-13(19)17-11/h1-4,11-12H,5-7H2,(H,17,19)(H,18,20)(H,21,22)/t11-,12-/m0/s1. The van der Waals surface area contributed by atoms with Crippen LogP contribution in [0, 0.1) is 11.3 Å². The monoisotopic (exact) mass is 301 g/mol. The van der Waals surface area contributed by atoms with Gasteiger partial charge < -0.3 is 15.7 Å². The molecule has 1 aromatic carbocycles. The molecule has 1 aliphatic heterocycles. The summed E-state index contributed by atoms with van der Waals surface area (Å²) in [4.78, 5) is 34.3. The van der Waals surface area contributed by atoms with Gasteiger partial charge in [-0.1, -0.05) is 12.1 Å². The van der Waals surface area contributed by atoms with Crippen LogP contribution in [-0.4, -0.2) is 35.0 Å². The van der Waals surface area contributed by atoms with Crippen molar-refractivity contribution in [3.05, 3.63) is 35.4 Å². The number of carbonyl (C=O) groups excluding carboxylic acids is 2. The Morgan fingerprint density at radius 2 is 2.09 bits per heavy atom. The summed E-state index contributed by atoms with van der Waals surface area (Å²) in [5, 5.41) is 22.9. The van der Waals surface area contributed by atoms with E-state index in [1.54, 1.807) is 24.3 Å². The van der Waals surface area contributed by atoms with Crippen molar-refractivity contribution in [3.8, 4) is 6.07 Å². The van der Waals surface area contributed by atoms with Gasteiger partial charge in [0.1, 0.15) is 12.1 Å². The Bertz CT molecular complexity index is 633. The number of rotatable bonds is 5. The van der Waals surface area contributed by atoms with E-state index >= 15 is 0 Å². The minimum atomic E-state index is -1.15. The van der Waals surface area contributed by atoms with Crippen LogP contribution in [0.25, 0.3) is 0 Å². The normalized spacial score (nSPS) is 18.1. The average Bonchev–Trinajstić information content (AvgIpc) is 2.94. The Kier molecular flexibility index (Phi) is 4.73. The van der Waals surface area contributed by atoms with Crippen molar-refractivity contribution in [1.29, 1.82) is 5.26 Å².